The van der Waals surface area contributed by atoms with Gasteiger partial charge < -0.3 is 5.73 Å². The van der Waals surface area contributed by atoms with Crippen LogP contribution in [-0.2, 0) is 19.5 Å². The fraction of sp³-hybridized carbons (Fsp3) is 0.421. The lowest BCUT2D eigenvalue weighted by molar-refractivity contribution is 0.0941. The van der Waals surface area contributed by atoms with Crippen LogP contribution < -0.4 is 17.0 Å². The number of carbonyl (C=O) groups excluding carboxylic acids is 1. The molecule has 26 heavy (non-hydrogen) atoms. The quantitative estimate of drug-likeness (QED) is 0.695. The van der Waals surface area contributed by atoms with Gasteiger partial charge in [0.2, 0.25) is 0 Å². The minimum absolute atomic E-state index is 0.0349. The molecule has 140 valence electrons. The van der Waals surface area contributed by atoms with Crippen molar-refractivity contribution in [3.63, 3.8) is 0 Å². The minimum atomic E-state index is -0.731. The highest BCUT2D eigenvalue weighted by Crippen LogP contribution is 2.10. The van der Waals surface area contributed by atoms with Gasteiger partial charge in [0.25, 0.3) is 5.56 Å². The van der Waals surface area contributed by atoms with E-state index in [-0.39, 0.29) is 17.9 Å². The van der Waals surface area contributed by atoms with Crippen molar-refractivity contribution in [1.82, 2.24) is 14.5 Å². The third-order valence-electron chi connectivity index (χ3n) is 4.26. The number of aromatic nitrogens is 2. The Hall–Kier alpha value is -2.67. The molecule has 0 bridgehead atoms. The van der Waals surface area contributed by atoms with Crippen molar-refractivity contribution >= 4 is 11.6 Å². The first-order valence-corrected chi connectivity index (χ1v) is 8.79. The molecule has 0 amide bonds. The predicted molar refractivity (Wildman–Crippen MR) is 103 cm³/mol. The molecule has 3 N–H and O–H groups in total. The average Bonchev–Trinajstić information content (AvgIpc) is 2.59. The van der Waals surface area contributed by atoms with E-state index < -0.39 is 17.0 Å². The van der Waals surface area contributed by atoms with E-state index in [2.05, 4.69) is 24.0 Å². The smallest absolute Gasteiger partial charge is 0.329 e. The van der Waals surface area contributed by atoms with Crippen LogP contribution in [0.4, 0.5) is 5.82 Å². The van der Waals surface area contributed by atoms with Crippen molar-refractivity contribution in [2.24, 2.45) is 0 Å². The van der Waals surface area contributed by atoms with Crippen molar-refractivity contribution in [2.75, 3.05) is 19.3 Å². The number of aromatic amines is 1. The van der Waals surface area contributed by atoms with Crippen LogP contribution in [-0.4, -0.2) is 33.8 Å². The molecule has 0 atom stereocenters. The third-order valence-corrected chi connectivity index (χ3v) is 4.26. The molecule has 0 spiro atoms. The topological polar surface area (TPSA) is 101 Å². The predicted octanol–water partition coefficient (Wildman–Crippen LogP) is 1.41. The summed E-state index contributed by atoms with van der Waals surface area (Å²) < 4.78 is 1.23. The van der Waals surface area contributed by atoms with E-state index in [1.807, 2.05) is 24.0 Å². The number of H-pyrrole nitrogens is 1. The van der Waals surface area contributed by atoms with Gasteiger partial charge in [-0.25, -0.2) is 4.79 Å². The number of nitrogens with zero attached hydrogens (tertiary/aromatic N) is 2. The zero-order valence-corrected chi connectivity index (χ0v) is 15.5. The third kappa shape index (κ3) is 4.49. The van der Waals surface area contributed by atoms with E-state index in [1.54, 1.807) is 7.05 Å². The lowest BCUT2D eigenvalue weighted by atomic mass is 10.1. The molecule has 7 heteroatoms. The van der Waals surface area contributed by atoms with Gasteiger partial charge >= 0.3 is 5.69 Å². The number of rotatable bonds is 8. The van der Waals surface area contributed by atoms with Crippen LogP contribution in [0, 0.1) is 0 Å². The zero-order chi connectivity index (χ0) is 19.3. The molecular weight excluding hydrogens is 332 g/mol. The van der Waals surface area contributed by atoms with Gasteiger partial charge in [-0.05, 0) is 31.0 Å². The molecule has 0 aliphatic carbocycles. The number of aryl methyl sites for hydroxylation is 1. The molecule has 0 fully saturated rings. The van der Waals surface area contributed by atoms with Crippen LogP contribution in [0.15, 0.2) is 33.9 Å². The number of nitrogens with one attached hydrogen (secondary N) is 1. The fourth-order valence-electron chi connectivity index (χ4n) is 2.88. The number of hydrogen-bond donors (Lipinski definition) is 2. The Morgan fingerprint density at radius 1 is 1.15 bits per heavy atom. The monoisotopic (exact) mass is 358 g/mol. The van der Waals surface area contributed by atoms with E-state index in [0.29, 0.717) is 19.5 Å². The normalized spacial score (nSPS) is 11.1. The van der Waals surface area contributed by atoms with Crippen LogP contribution in [0.2, 0.25) is 0 Å². The van der Waals surface area contributed by atoms with Gasteiger partial charge in [0.05, 0.1) is 6.54 Å². The van der Waals surface area contributed by atoms with E-state index in [4.69, 9.17) is 5.73 Å². The van der Waals surface area contributed by atoms with Gasteiger partial charge in [0.1, 0.15) is 11.4 Å². The van der Waals surface area contributed by atoms with Crippen molar-refractivity contribution in [2.45, 2.75) is 39.8 Å². The molecule has 1 aromatic heterocycles. The number of hydrogen-bond acceptors (Lipinski definition) is 5. The number of anilines is 1. The molecular formula is C19H26N4O3. The molecule has 1 aromatic carbocycles. The largest absolute Gasteiger partial charge is 0.384 e. The second-order valence-electron chi connectivity index (χ2n) is 6.44. The second kappa shape index (κ2) is 8.62. The molecule has 0 radical (unpaired) electrons. The Kier molecular flexibility index (Phi) is 6.52. The summed E-state index contributed by atoms with van der Waals surface area (Å²) in [5.74, 6) is -0.465. The SMILES string of the molecule is CCCn1c(N)c(C(=O)CN(C)Cc2ccc(CC)cc2)c(=O)[nH]c1=O. The number of Topliss-reactive ketones (excluding diaryl/α,β-unsaturated/α-hetero) is 1. The van der Waals surface area contributed by atoms with E-state index in [9.17, 15) is 14.4 Å². The first kappa shape index (κ1) is 19.7. The Morgan fingerprint density at radius 2 is 1.77 bits per heavy atom. The number of benzene rings is 1. The standard InChI is InChI=1S/C19H26N4O3/c1-4-10-23-17(20)16(18(25)21-19(23)26)15(24)12-22(3)11-14-8-6-13(5-2)7-9-14/h6-9H,4-5,10-12,20H2,1-3H3,(H,21,25,26). The molecule has 0 saturated carbocycles. The highest BCUT2D eigenvalue weighted by molar-refractivity contribution is 6.01. The summed E-state index contributed by atoms with van der Waals surface area (Å²) >= 11 is 0. The number of carbonyl (C=O) groups is 1. The van der Waals surface area contributed by atoms with Gasteiger partial charge in [-0.2, -0.15) is 0 Å². The molecule has 1 heterocycles. The maximum absolute atomic E-state index is 12.6. The van der Waals surface area contributed by atoms with E-state index >= 15 is 0 Å². The lowest BCUT2D eigenvalue weighted by Crippen LogP contribution is -2.38. The summed E-state index contributed by atoms with van der Waals surface area (Å²) in [6.07, 6.45) is 1.64. The fourth-order valence-corrected chi connectivity index (χ4v) is 2.88. The first-order valence-electron chi connectivity index (χ1n) is 8.79. The number of nitrogen functional groups attached to an aromatic ring is 1. The zero-order valence-electron chi connectivity index (χ0n) is 15.5. The van der Waals surface area contributed by atoms with Gasteiger partial charge in [0.15, 0.2) is 5.78 Å². The van der Waals surface area contributed by atoms with Crippen LogP contribution in [0.5, 0.6) is 0 Å². The Bertz CT molecular complexity index is 881. The van der Waals surface area contributed by atoms with E-state index in [0.717, 1.165) is 12.0 Å². The van der Waals surface area contributed by atoms with Gasteiger partial charge in [-0.3, -0.25) is 24.0 Å². The lowest BCUT2D eigenvalue weighted by Gasteiger charge is -2.17. The van der Waals surface area contributed by atoms with Crippen molar-refractivity contribution in [1.29, 1.82) is 0 Å². The Labute approximate surface area is 152 Å². The summed E-state index contributed by atoms with van der Waals surface area (Å²) in [5.41, 5.74) is 6.80. The number of likely N-dealkylation sites (N-methyl/N-ethyl adjacent to an activating group) is 1. The summed E-state index contributed by atoms with van der Waals surface area (Å²) in [6.45, 7) is 4.94. The summed E-state index contributed by atoms with van der Waals surface area (Å²) in [7, 11) is 1.80. The molecule has 0 saturated heterocycles. The van der Waals surface area contributed by atoms with Crippen molar-refractivity contribution in [3.8, 4) is 0 Å². The summed E-state index contributed by atoms with van der Waals surface area (Å²) in [4.78, 5) is 40.5. The molecule has 0 unspecified atom stereocenters. The Morgan fingerprint density at radius 3 is 2.35 bits per heavy atom. The molecule has 7 nitrogen and oxygen atoms in total. The van der Waals surface area contributed by atoms with Crippen LogP contribution in [0.25, 0.3) is 0 Å². The second-order valence-corrected chi connectivity index (χ2v) is 6.44. The maximum Gasteiger partial charge on any atom is 0.329 e. The van der Waals surface area contributed by atoms with Crippen LogP contribution in [0.3, 0.4) is 0 Å². The molecule has 2 rings (SSSR count). The Balaban J connectivity index is 2.17. The maximum atomic E-state index is 12.6. The van der Waals surface area contributed by atoms with E-state index in [1.165, 1.54) is 10.1 Å². The summed E-state index contributed by atoms with van der Waals surface area (Å²) in [5, 5.41) is 0. The molecule has 2 aromatic rings. The summed E-state index contributed by atoms with van der Waals surface area (Å²) in [6, 6.07) is 8.19. The first-order chi connectivity index (χ1) is 12.4. The highest BCUT2D eigenvalue weighted by atomic mass is 16.2. The number of ketones is 1. The van der Waals surface area contributed by atoms with Gasteiger partial charge in [-0.1, -0.05) is 38.1 Å². The van der Waals surface area contributed by atoms with Crippen molar-refractivity contribution < 1.29 is 4.79 Å². The van der Waals surface area contributed by atoms with Crippen LogP contribution >= 0.6 is 0 Å². The van der Waals surface area contributed by atoms with Gasteiger partial charge in [0, 0.05) is 13.1 Å². The average molecular weight is 358 g/mol. The molecule has 0 aliphatic heterocycles. The minimum Gasteiger partial charge on any atom is -0.384 e. The van der Waals surface area contributed by atoms with Crippen molar-refractivity contribution in [3.05, 3.63) is 61.8 Å². The highest BCUT2D eigenvalue weighted by Gasteiger charge is 2.20. The van der Waals surface area contributed by atoms with Crippen LogP contribution in [0.1, 0.15) is 41.8 Å². The number of nitrogens with two attached hydrogens (primary N) is 1. The molecule has 0 aliphatic rings. The van der Waals surface area contributed by atoms with Gasteiger partial charge in [-0.15, -0.1) is 0 Å².